The van der Waals surface area contributed by atoms with Crippen LogP contribution in [0.4, 0.5) is 0 Å². The Morgan fingerprint density at radius 3 is 2.20 bits per heavy atom. The Morgan fingerprint density at radius 1 is 1.10 bits per heavy atom. The van der Waals surface area contributed by atoms with Crippen molar-refractivity contribution in [3.8, 4) is 0 Å². The van der Waals surface area contributed by atoms with Crippen molar-refractivity contribution < 1.29 is 4.74 Å². The van der Waals surface area contributed by atoms with E-state index in [-0.39, 0.29) is 5.60 Å². The Labute approximate surface area is 122 Å². The maximum atomic E-state index is 6.13. The molecule has 2 rings (SSSR count). The first-order chi connectivity index (χ1) is 9.63. The summed E-state index contributed by atoms with van der Waals surface area (Å²) in [6, 6.07) is 0. The van der Waals surface area contributed by atoms with E-state index in [1.54, 1.807) is 0 Å². The van der Waals surface area contributed by atoms with Gasteiger partial charge in [0.1, 0.15) is 5.60 Å². The van der Waals surface area contributed by atoms with E-state index in [1.165, 1.54) is 24.8 Å². The van der Waals surface area contributed by atoms with Crippen LogP contribution in [0.1, 0.15) is 61.8 Å². The molecule has 1 heterocycles. The van der Waals surface area contributed by atoms with Crippen LogP contribution in [0, 0.1) is 13.8 Å². The summed E-state index contributed by atoms with van der Waals surface area (Å²) in [5.41, 5.74) is 3.11. The Morgan fingerprint density at radius 2 is 1.70 bits per heavy atom. The van der Waals surface area contributed by atoms with E-state index in [4.69, 9.17) is 14.7 Å². The van der Waals surface area contributed by atoms with Crippen LogP contribution in [-0.2, 0) is 16.9 Å². The highest BCUT2D eigenvalue weighted by atomic mass is 16.5. The van der Waals surface area contributed by atoms with E-state index in [1.807, 2.05) is 7.05 Å². The van der Waals surface area contributed by atoms with Crippen LogP contribution >= 0.6 is 0 Å². The third-order valence-electron chi connectivity index (χ3n) is 4.26. The van der Waals surface area contributed by atoms with Crippen LogP contribution in [-0.4, -0.2) is 23.6 Å². The summed E-state index contributed by atoms with van der Waals surface area (Å²) >= 11 is 0. The maximum absolute atomic E-state index is 6.13. The molecular weight excluding hydrogens is 250 g/mol. The first-order valence-corrected chi connectivity index (χ1v) is 7.76. The minimum absolute atomic E-state index is 0.249. The SMILES string of the molecule is CCOC1(c2nc(C)c(CNC)c(C)n2)CCCCC1. The molecule has 1 saturated carbocycles. The van der Waals surface area contributed by atoms with Crippen molar-refractivity contribution in [2.24, 2.45) is 0 Å². The van der Waals surface area contributed by atoms with Crippen molar-refractivity contribution in [2.75, 3.05) is 13.7 Å². The molecule has 1 fully saturated rings. The highest BCUT2D eigenvalue weighted by Gasteiger charge is 2.37. The molecule has 0 amide bonds. The largest absolute Gasteiger partial charge is 0.367 e. The number of rotatable bonds is 5. The highest BCUT2D eigenvalue weighted by molar-refractivity contribution is 5.26. The molecule has 4 nitrogen and oxygen atoms in total. The smallest absolute Gasteiger partial charge is 0.160 e. The Kier molecular flexibility index (Phi) is 5.11. The molecule has 0 atom stereocenters. The molecule has 1 aliphatic carbocycles. The van der Waals surface area contributed by atoms with Gasteiger partial charge in [-0.05, 0) is 40.7 Å². The van der Waals surface area contributed by atoms with Gasteiger partial charge < -0.3 is 10.1 Å². The molecule has 1 aromatic heterocycles. The van der Waals surface area contributed by atoms with Gasteiger partial charge in [0.15, 0.2) is 5.82 Å². The first-order valence-electron chi connectivity index (χ1n) is 7.76. The fourth-order valence-electron chi connectivity index (χ4n) is 3.21. The monoisotopic (exact) mass is 277 g/mol. The molecule has 20 heavy (non-hydrogen) atoms. The lowest BCUT2D eigenvalue weighted by atomic mass is 9.83. The summed E-state index contributed by atoms with van der Waals surface area (Å²) < 4.78 is 6.13. The van der Waals surface area contributed by atoms with Gasteiger partial charge in [0.2, 0.25) is 0 Å². The average Bonchev–Trinajstić information content (AvgIpc) is 2.44. The fraction of sp³-hybridized carbons (Fsp3) is 0.750. The average molecular weight is 277 g/mol. The van der Waals surface area contributed by atoms with Gasteiger partial charge in [0.05, 0.1) is 0 Å². The molecule has 0 bridgehead atoms. The normalized spacial score (nSPS) is 18.2. The maximum Gasteiger partial charge on any atom is 0.160 e. The Hall–Kier alpha value is -1.00. The zero-order valence-electron chi connectivity index (χ0n) is 13.3. The third kappa shape index (κ3) is 3.01. The minimum Gasteiger partial charge on any atom is -0.367 e. The number of hydrogen-bond donors (Lipinski definition) is 1. The summed E-state index contributed by atoms with van der Waals surface area (Å²) in [4.78, 5) is 9.58. The van der Waals surface area contributed by atoms with Gasteiger partial charge in [-0.15, -0.1) is 0 Å². The van der Waals surface area contributed by atoms with Gasteiger partial charge in [-0.3, -0.25) is 0 Å². The zero-order chi connectivity index (χ0) is 14.6. The minimum atomic E-state index is -0.249. The lowest BCUT2D eigenvalue weighted by Crippen LogP contribution is -2.35. The number of aromatic nitrogens is 2. The summed E-state index contributed by atoms with van der Waals surface area (Å²) in [5.74, 6) is 0.897. The molecule has 0 radical (unpaired) electrons. The summed E-state index contributed by atoms with van der Waals surface area (Å²) in [7, 11) is 1.95. The van der Waals surface area contributed by atoms with Crippen molar-refractivity contribution in [3.63, 3.8) is 0 Å². The number of hydrogen-bond acceptors (Lipinski definition) is 4. The quantitative estimate of drug-likeness (QED) is 0.898. The van der Waals surface area contributed by atoms with Gasteiger partial charge in [-0.2, -0.15) is 0 Å². The second-order valence-electron chi connectivity index (χ2n) is 5.71. The number of nitrogens with zero attached hydrogens (tertiary/aromatic N) is 2. The van der Waals surface area contributed by atoms with Crippen molar-refractivity contribution >= 4 is 0 Å². The van der Waals surface area contributed by atoms with Gasteiger partial charge in [-0.1, -0.05) is 19.3 Å². The molecule has 112 valence electrons. The molecule has 0 spiro atoms. The second kappa shape index (κ2) is 6.64. The number of ether oxygens (including phenoxy) is 1. The van der Waals surface area contributed by atoms with Crippen LogP contribution in [0.2, 0.25) is 0 Å². The molecule has 0 saturated heterocycles. The van der Waals surface area contributed by atoms with E-state index in [2.05, 4.69) is 26.1 Å². The van der Waals surface area contributed by atoms with E-state index >= 15 is 0 Å². The fourth-order valence-corrected chi connectivity index (χ4v) is 3.21. The van der Waals surface area contributed by atoms with Crippen LogP contribution < -0.4 is 5.32 Å². The molecule has 0 unspecified atom stereocenters. The van der Waals surface area contributed by atoms with Crippen molar-refractivity contribution in [1.29, 1.82) is 0 Å². The second-order valence-corrected chi connectivity index (χ2v) is 5.71. The molecule has 4 heteroatoms. The molecule has 1 N–H and O–H groups in total. The highest BCUT2D eigenvalue weighted by Crippen LogP contribution is 2.39. The van der Waals surface area contributed by atoms with Gasteiger partial charge in [0, 0.05) is 30.1 Å². The predicted molar refractivity (Wildman–Crippen MR) is 80.7 cm³/mol. The van der Waals surface area contributed by atoms with Gasteiger partial charge in [-0.25, -0.2) is 9.97 Å². The van der Waals surface area contributed by atoms with Crippen molar-refractivity contribution in [2.45, 2.75) is 65.0 Å². The molecule has 1 aliphatic rings. The van der Waals surface area contributed by atoms with Crippen molar-refractivity contribution in [1.82, 2.24) is 15.3 Å². The third-order valence-corrected chi connectivity index (χ3v) is 4.26. The number of aryl methyl sites for hydroxylation is 2. The Bertz CT molecular complexity index is 425. The molecule has 0 aliphatic heterocycles. The van der Waals surface area contributed by atoms with Crippen LogP contribution in [0.5, 0.6) is 0 Å². The van der Waals surface area contributed by atoms with E-state index in [9.17, 15) is 0 Å². The van der Waals surface area contributed by atoms with Gasteiger partial charge in [0.25, 0.3) is 0 Å². The zero-order valence-corrected chi connectivity index (χ0v) is 13.3. The first kappa shape index (κ1) is 15.4. The standard InChI is InChI=1S/C16H27N3O/c1-5-20-16(9-7-6-8-10-16)15-18-12(2)14(11-17-4)13(3)19-15/h17H,5-11H2,1-4H3. The molecule has 0 aromatic carbocycles. The number of nitrogens with one attached hydrogen (secondary N) is 1. The summed E-state index contributed by atoms with van der Waals surface area (Å²) in [6.45, 7) is 7.76. The van der Waals surface area contributed by atoms with Crippen LogP contribution in [0.3, 0.4) is 0 Å². The molecule has 1 aromatic rings. The Balaban J connectivity index is 2.39. The van der Waals surface area contributed by atoms with Crippen LogP contribution in [0.15, 0.2) is 0 Å². The van der Waals surface area contributed by atoms with E-state index in [0.717, 1.165) is 43.2 Å². The molecular formula is C16H27N3O. The van der Waals surface area contributed by atoms with E-state index < -0.39 is 0 Å². The van der Waals surface area contributed by atoms with Gasteiger partial charge >= 0.3 is 0 Å². The lowest BCUT2D eigenvalue weighted by Gasteiger charge is -2.36. The van der Waals surface area contributed by atoms with E-state index in [0.29, 0.717) is 0 Å². The summed E-state index contributed by atoms with van der Waals surface area (Å²) in [5, 5.41) is 3.19. The van der Waals surface area contributed by atoms with Crippen molar-refractivity contribution in [3.05, 3.63) is 22.8 Å². The lowest BCUT2D eigenvalue weighted by molar-refractivity contribution is -0.0769. The predicted octanol–water partition coefficient (Wildman–Crippen LogP) is 3.01. The summed E-state index contributed by atoms with van der Waals surface area (Å²) in [6.07, 6.45) is 5.81. The topological polar surface area (TPSA) is 47.0 Å². The van der Waals surface area contributed by atoms with Crippen LogP contribution in [0.25, 0.3) is 0 Å².